The number of rotatable bonds is 9. The van der Waals surface area contributed by atoms with Crippen molar-refractivity contribution in [3.63, 3.8) is 0 Å². The van der Waals surface area contributed by atoms with Crippen molar-refractivity contribution < 1.29 is 33.1 Å². The third kappa shape index (κ3) is 5.92. The minimum atomic E-state index is -4.62. The molecule has 0 saturated heterocycles. The third-order valence-electron chi connectivity index (χ3n) is 4.93. The molecule has 0 aliphatic carbocycles. The second-order valence-electron chi connectivity index (χ2n) is 7.41. The Labute approximate surface area is 188 Å². The Bertz CT molecular complexity index is 1280. The maximum Gasteiger partial charge on any atom is 0.472 e. The number of anilines is 1. The van der Waals surface area contributed by atoms with E-state index in [1.54, 1.807) is 35.3 Å². The summed E-state index contributed by atoms with van der Waals surface area (Å²) in [6, 6.07) is 13.2. The molecule has 4 rings (SSSR count). The first-order valence-corrected chi connectivity index (χ1v) is 11.5. The van der Waals surface area contributed by atoms with Crippen molar-refractivity contribution in [3.8, 4) is 11.3 Å². The van der Waals surface area contributed by atoms with Crippen LogP contribution in [-0.2, 0) is 35.4 Å². The monoisotopic (exact) mass is 472 g/mol. The smallest absolute Gasteiger partial charge is 0.392 e. The van der Waals surface area contributed by atoms with Crippen molar-refractivity contribution in [2.45, 2.75) is 26.3 Å². The van der Waals surface area contributed by atoms with Crippen LogP contribution < -0.4 is 10.3 Å². The largest absolute Gasteiger partial charge is 0.472 e. The number of nitrogens with zero attached hydrogens (tertiary/aromatic N) is 4. The average Bonchev–Trinajstić information content (AvgIpc) is 3.43. The second-order valence-corrected chi connectivity index (χ2v) is 8.65. The van der Waals surface area contributed by atoms with Crippen LogP contribution in [-0.4, -0.2) is 29.8 Å². The molecule has 0 unspecified atom stereocenters. The average molecular weight is 472 g/mol. The lowest BCUT2D eigenvalue weighted by molar-refractivity contribution is -0.711. The van der Waals surface area contributed by atoms with Crippen LogP contribution in [0.5, 0.6) is 0 Å². The molecule has 0 amide bonds. The summed E-state index contributed by atoms with van der Waals surface area (Å²) in [6.45, 7) is 0.166. The van der Waals surface area contributed by atoms with Crippen LogP contribution in [0.2, 0.25) is 0 Å². The molecule has 11 nitrogen and oxygen atoms in total. The summed E-state index contributed by atoms with van der Waals surface area (Å²) in [7, 11) is -4.62. The fourth-order valence-electron chi connectivity index (χ4n) is 3.28. The van der Waals surface area contributed by atoms with Gasteiger partial charge < -0.3 is 19.4 Å². The fourth-order valence-corrected chi connectivity index (χ4v) is 3.55. The minimum Gasteiger partial charge on any atom is -0.392 e. The molecule has 5 N–H and O–H groups in total. The molecule has 0 fully saturated rings. The van der Waals surface area contributed by atoms with Crippen molar-refractivity contribution in [2.24, 2.45) is 0 Å². The number of phosphoric ester groups is 1. The number of phosphoric acid groups is 1. The molecule has 0 atom stereocenters. The van der Waals surface area contributed by atoms with Crippen LogP contribution in [0, 0.1) is 0 Å². The first kappa shape index (κ1) is 22.8. The number of aliphatic hydroxyl groups is 1. The van der Waals surface area contributed by atoms with Crippen LogP contribution in [0.1, 0.15) is 22.4 Å². The van der Waals surface area contributed by atoms with E-state index in [9.17, 15) is 4.57 Å². The predicted octanol–water partition coefficient (Wildman–Crippen LogP) is 1.61. The van der Waals surface area contributed by atoms with Crippen molar-refractivity contribution in [3.05, 3.63) is 83.4 Å². The number of pyridine rings is 1. The van der Waals surface area contributed by atoms with Gasteiger partial charge in [-0.25, -0.2) is 13.7 Å². The Kier molecular flexibility index (Phi) is 6.68. The SMILES string of the molecule is Nc1c(-c2cc(Cc3ccc(Cn4cc(CO)cn4)cc3)no2)ccc[n+]1COP(=O)(O)O. The highest BCUT2D eigenvalue weighted by molar-refractivity contribution is 7.46. The van der Waals surface area contributed by atoms with E-state index in [0.29, 0.717) is 30.0 Å². The molecule has 172 valence electrons. The van der Waals surface area contributed by atoms with E-state index in [1.807, 2.05) is 30.5 Å². The molecule has 0 spiro atoms. The highest BCUT2D eigenvalue weighted by atomic mass is 31.2. The molecule has 4 aromatic rings. The van der Waals surface area contributed by atoms with Crippen LogP contribution in [0.4, 0.5) is 5.82 Å². The topological polar surface area (TPSA) is 161 Å². The van der Waals surface area contributed by atoms with E-state index in [2.05, 4.69) is 14.8 Å². The van der Waals surface area contributed by atoms with Gasteiger partial charge in [-0.05, 0) is 23.3 Å². The van der Waals surface area contributed by atoms with E-state index < -0.39 is 14.6 Å². The van der Waals surface area contributed by atoms with E-state index in [1.165, 1.54) is 4.57 Å². The molecular weight excluding hydrogens is 449 g/mol. The van der Waals surface area contributed by atoms with Crippen LogP contribution in [0.25, 0.3) is 11.3 Å². The number of hydrogen-bond donors (Lipinski definition) is 4. The van der Waals surface area contributed by atoms with Gasteiger partial charge in [-0.15, -0.1) is 0 Å². The maximum atomic E-state index is 10.9. The summed E-state index contributed by atoms with van der Waals surface area (Å²) in [5, 5.41) is 17.5. The number of aromatic nitrogens is 4. The molecule has 12 heteroatoms. The number of nitrogens with two attached hydrogens (primary N) is 1. The minimum absolute atomic E-state index is 0.0333. The zero-order valence-corrected chi connectivity index (χ0v) is 18.4. The Balaban J connectivity index is 1.43. The number of hydrogen-bond acceptors (Lipinski definition) is 7. The summed E-state index contributed by atoms with van der Waals surface area (Å²) < 4.78 is 24.0. The molecule has 0 saturated carbocycles. The van der Waals surface area contributed by atoms with Gasteiger partial charge in [-0.3, -0.25) is 10.4 Å². The first-order valence-electron chi connectivity index (χ1n) is 9.95. The Hall–Kier alpha value is -3.34. The van der Waals surface area contributed by atoms with Gasteiger partial charge in [0.25, 0.3) is 5.82 Å². The molecule has 33 heavy (non-hydrogen) atoms. The molecule has 3 heterocycles. The Morgan fingerprint density at radius 2 is 1.91 bits per heavy atom. The fraction of sp³-hybridized carbons (Fsp3) is 0.190. The summed E-state index contributed by atoms with van der Waals surface area (Å²) in [4.78, 5) is 17.8. The molecule has 0 aliphatic heterocycles. The lowest BCUT2D eigenvalue weighted by atomic mass is 10.1. The van der Waals surface area contributed by atoms with Gasteiger partial charge in [-0.1, -0.05) is 29.4 Å². The second kappa shape index (κ2) is 9.65. The zero-order valence-electron chi connectivity index (χ0n) is 17.5. The van der Waals surface area contributed by atoms with Crippen molar-refractivity contribution >= 4 is 13.6 Å². The summed E-state index contributed by atoms with van der Waals surface area (Å²) >= 11 is 0. The van der Waals surface area contributed by atoms with Crippen molar-refractivity contribution in [2.75, 3.05) is 5.73 Å². The molecule has 0 aliphatic rings. The number of benzene rings is 1. The van der Waals surface area contributed by atoms with Gasteiger partial charge in [0.15, 0.2) is 5.76 Å². The standard InChI is InChI=1S/C21H22N5O6P/c22-21-19(2-1-7-25(21)14-31-33(28,29)30)20-9-18(24-32-20)8-15-3-5-16(6-4-15)11-26-12-17(13-27)10-23-26/h1-7,9-10,12,22,27H,8,11,13-14H2,(H2,28,29,30)/p+1. The lowest BCUT2D eigenvalue weighted by Gasteiger charge is -2.07. The molecule has 0 bridgehead atoms. The van der Waals surface area contributed by atoms with Crippen LogP contribution in [0.3, 0.4) is 0 Å². The van der Waals surface area contributed by atoms with E-state index in [0.717, 1.165) is 16.7 Å². The molecular formula is C21H23N5O6P+. The van der Waals surface area contributed by atoms with Gasteiger partial charge in [0, 0.05) is 24.2 Å². The van der Waals surface area contributed by atoms with E-state index in [-0.39, 0.29) is 12.4 Å². The van der Waals surface area contributed by atoms with Crippen molar-refractivity contribution in [1.82, 2.24) is 14.9 Å². The zero-order chi connectivity index (χ0) is 23.4. The number of nitrogen functional groups attached to an aromatic ring is 1. The third-order valence-corrected chi connectivity index (χ3v) is 5.38. The highest BCUT2D eigenvalue weighted by Gasteiger charge is 2.20. The van der Waals surface area contributed by atoms with Crippen molar-refractivity contribution in [1.29, 1.82) is 0 Å². The normalized spacial score (nSPS) is 11.7. The predicted molar refractivity (Wildman–Crippen MR) is 116 cm³/mol. The van der Waals surface area contributed by atoms with Gasteiger partial charge in [-0.2, -0.15) is 5.10 Å². The van der Waals surface area contributed by atoms with E-state index >= 15 is 0 Å². The molecule has 3 aromatic heterocycles. The van der Waals surface area contributed by atoms with Gasteiger partial charge >= 0.3 is 7.82 Å². The van der Waals surface area contributed by atoms with Gasteiger partial charge in [0.05, 0.1) is 31.2 Å². The Morgan fingerprint density at radius 1 is 1.15 bits per heavy atom. The summed E-state index contributed by atoms with van der Waals surface area (Å²) in [6.07, 6.45) is 5.54. The van der Waals surface area contributed by atoms with E-state index in [4.69, 9.17) is 25.2 Å². The molecule has 1 aromatic carbocycles. The number of aliphatic hydroxyl groups excluding tert-OH is 1. The summed E-state index contributed by atoms with van der Waals surface area (Å²) in [5.41, 5.74) is 10.2. The highest BCUT2D eigenvalue weighted by Crippen LogP contribution is 2.35. The van der Waals surface area contributed by atoms with Crippen LogP contribution in [0.15, 0.2) is 65.6 Å². The first-order chi connectivity index (χ1) is 15.8. The van der Waals surface area contributed by atoms with Gasteiger partial charge in [0.1, 0.15) is 5.56 Å². The van der Waals surface area contributed by atoms with Gasteiger partial charge in [0.2, 0.25) is 6.73 Å². The quantitative estimate of drug-likeness (QED) is 0.209. The molecule has 0 radical (unpaired) electrons. The maximum absolute atomic E-state index is 10.9. The van der Waals surface area contributed by atoms with Crippen LogP contribution >= 0.6 is 7.82 Å². The lowest BCUT2D eigenvalue weighted by Crippen LogP contribution is -2.38. The Morgan fingerprint density at radius 3 is 2.61 bits per heavy atom. The summed E-state index contributed by atoms with van der Waals surface area (Å²) in [5.74, 6) is 0.656.